The van der Waals surface area contributed by atoms with Gasteiger partial charge >= 0.3 is 12.1 Å². The van der Waals surface area contributed by atoms with Crippen LogP contribution in [-0.4, -0.2) is 48.2 Å². The van der Waals surface area contributed by atoms with Crippen molar-refractivity contribution >= 4 is 18.0 Å². The predicted molar refractivity (Wildman–Crippen MR) is 120 cm³/mol. The minimum Gasteiger partial charge on any atom is -0.481 e. The van der Waals surface area contributed by atoms with E-state index in [-0.39, 0.29) is 12.5 Å². The molecule has 0 spiro atoms. The lowest BCUT2D eigenvalue weighted by Crippen LogP contribution is -2.46. The van der Waals surface area contributed by atoms with E-state index in [2.05, 4.69) is 10.6 Å². The Labute approximate surface area is 195 Å². The van der Waals surface area contributed by atoms with Crippen LogP contribution in [-0.2, 0) is 14.3 Å². The third-order valence-corrected chi connectivity index (χ3v) is 6.54. The first kappa shape index (κ1) is 23.7. The molecule has 0 radical (unpaired) electrons. The lowest BCUT2D eigenvalue weighted by molar-refractivity contribution is -0.142. The number of aliphatic carboxylic acids is 1. The highest BCUT2D eigenvalue weighted by Crippen LogP contribution is 2.44. The molecule has 3 N–H and O–H groups in total. The molecule has 0 saturated heterocycles. The molecule has 7 nitrogen and oxygen atoms in total. The summed E-state index contributed by atoms with van der Waals surface area (Å²) in [6.45, 7) is -0.0373. The predicted octanol–water partition coefficient (Wildman–Crippen LogP) is 3.92. The number of carboxylic acid groups (broad SMARTS) is 1. The number of ether oxygens (including phenoxy) is 1. The normalized spacial score (nSPS) is 19.9. The second-order valence-electron chi connectivity index (χ2n) is 8.66. The third kappa shape index (κ3) is 5.03. The fourth-order valence-electron chi connectivity index (χ4n) is 4.89. The Kier molecular flexibility index (Phi) is 7.09. The molecule has 0 heterocycles. The molecule has 9 heteroatoms. The summed E-state index contributed by atoms with van der Waals surface area (Å²) < 4.78 is 32.3. The van der Waals surface area contributed by atoms with Crippen LogP contribution in [0.25, 0.3) is 11.1 Å². The maximum atomic E-state index is 13.5. The van der Waals surface area contributed by atoms with E-state index in [9.17, 15) is 28.3 Å². The van der Waals surface area contributed by atoms with E-state index in [0.29, 0.717) is 19.3 Å². The van der Waals surface area contributed by atoms with Gasteiger partial charge in [0.05, 0.1) is 12.3 Å². The lowest BCUT2D eigenvalue weighted by Gasteiger charge is -2.21. The van der Waals surface area contributed by atoms with Gasteiger partial charge in [-0.1, -0.05) is 55.0 Å². The molecule has 3 unspecified atom stereocenters. The zero-order valence-electron chi connectivity index (χ0n) is 18.4. The largest absolute Gasteiger partial charge is 0.481 e. The van der Waals surface area contributed by atoms with Crippen molar-refractivity contribution in [3.05, 3.63) is 59.7 Å². The number of carbonyl (C=O) groups is 3. The first-order valence-corrected chi connectivity index (χ1v) is 11.3. The molecule has 2 aromatic carbocycles. The molecular formula is C25H26F2N2O5. The zero-order valence-corrected chi connectivity index (χ0v) is 18.4. The molecule has 1 fully saturated rings. The average molecular weight is 472 g/mol. The standard InChI is InChI=1S/C25H26F2N2O5/c26-23(27)21(12-22(30)28-20-11-5-10-18(20)24(31)32)29-25(33)34-13-19-16-8-3-1-6-14(16)15-7-2-4-9-17(15)19/h1-4,6-9,18-21,23H,5,10-13H2,(H,28,30)(H,29,33)(H,31,32). The molecule has 4 rings (SSSR count). The molecule has 0 bridgehead atoms. The Morgan fingerprint density at radius 3 is 2.21 bits per heavy atom. The summed E-state index contributed by atoms with van der Waals surface area (Å²) in [7, 11) is 0. The van der Waals surface area contributed by atoms with Crippen LogP contribution in [0.15, 0.2) is 48.5 Å². The Morgan fingerprint density at radius 2 is 1.62 bits per heavy atom. The summed E-state index contributed by atoms with van der Waals surface area (Å²) in [6, 6.07) is 13.1. The van der Waals surface area contributed by atoms with E-state index in [4.69, 9.17) is 4.74 Å². The maximum absolute atomic E-state index is 13.5. The van der Waals surface area contributed by atoms with Gasteiger partial charge < -0.3 is 20.5 Å². The Balaban J connectivity index is 1.34. The van der Waals surface area contributed by atoms with Crippen molar-refractivity contribution in [1.29, 1.82) is 0 Å². The number of alkyl carbamates (subject to hydrolysis) is 1. The van der Waals surface area contributed by atoms with Gasteiger partial charge in [-0.15, -0.1) is 0 Å². The minimum atomic E-state index is -3.00. The second kappa shape index (κ2) is 10.2. The van der Waals surface area contributed by atoms with Crippen molar-refractivity contribution in [1.82, 2.24) is 10.6 Å². The SMILES string of the molecule is O=C(CC(NC(=O)OCC1c2ccccc2-c2ccccc21)C(F)F)NC1CCCC1C(=O)O. The van der Waals surface area contributed by atoms with E-state index >= 15 is 0 Å². The van der Waals surface area contributed by atoms with Crippen molar-refractivity contribution in [2.45, 2.75) is 50.1 Å². The number of fused-ring (bicyclic) bond motifs is 3. The van der Waals surface area contributed by atoms with E-state index in [1.807, 2.05) is 48.5 Å². The van der Waals surface area contributed by atoms with Gasteiger partial charge in [-0.2, -0.15) is 0 Å². The highest BCUT2D eigenvalue weighted by molar-refractivity contribution is 5.80. The molecular weight excluding hydrogens is 446 g/mol. The number of carbonyl (C=O) groups excluding carboxylic acids is 2. The monoisotopic (exact) mass is 472 g/mol. The van der Waals surface area contributed by atoms with Crippen molar-refractivity contribution in [3.63, 3.8) is 0 Å². The van der Waals surface area contributed by atoms with Gasteiger partial charge in [0.2, 0.25) is 5.91 Å². The number of rotatable bonds is 8. The Hall–Kier alpha value is -3.49. The molecule has 0 aliphatic heterocycles. The fourth-order valence-corrected chi connectivity index (χ4v) is 4.89. The Bertz CT molecular complexity index is 1030. The van der Waals surface area contributed by atoms with Gasteiger partial charge in [0.1, 0.15) is 12.6 Å². The summed E-state index contributed by atoms with van der Waals surface area (Å²) in [5.41, 5.74) is 4.07. The van der Waals surface area contributed by atoms with Crippen LogP contribution in [0.1, 0.15) is 42.7 Å². The number of nitrogens with one attached hydrogen (secondary N) is 2. The van der Waals surface area contributed by atoms with Crippen LogP contribution in [0, 0.1) is 5.92 Å². The van der Waals surface area contributed by atoms with Crippen LogP contribution in [0.5, 0.6) is 0 Å². The number of hydrogen-bond donors (Lipinski definition) is 3. The average Bonchev–Trinajstić information content (AvgIpc) is 3.40. The van der Waals surface area contributed by atoms with Crippen LogP contribution in [0.4, 0.5) is 13.6 Å². The van der Waals surface area contributed by atoms with Gasteiger partial charge in [-0.3, -0.25) is 9.59 Å². The van der Waals surface area contributed by atoms with Crippen molar-refractivity contribution in [3.8, 4) is 11.1 Å². The van der Waals surface area contributed by atoms with Crippen molar-refractivity contribution < 1.29 is 33.0 Å². The number of carboxylic acids is 1. The molecule has 2 aliphatic rings. The third-order valence-electron chi connectivity index (χ3n) is 6.54. The van der Waals surface area contributed by atoms with Gasteiger partial charge in [0, 0.05) is 12.0 Å². The molecule has 1 saturated carbocycles. The lowest BCUT2D eigenvalue weighted by atomic mass is 9.98. The minimum absolute atomic E-state index is 0.0373. The van der Waals surface area contributed by atoms with Crippen LogP contribution >= 0.6 is 0 Å². The number of amides is 2. The first-order chi connectivity index (χ1) is 16.3. The van der Waals surface area contributed by atoms with Gasteiger partial charge in [0.15, 0.2) is 0 Å². The molecule has 0 aromatic heterocycles. The number of hydrogen-bond acceptors (Lipinski definition) is 4. The Morgan fingerprint density at radius 1 is 1.00 bits per heavy atom. The quantitative estimate of drug-likeness (QED) is 0.540. The van der Waals surface area contributed by atoms with Gasteiger partial charge in [-0.05, 0) is 35.1 Å². The summed E-state index contributed by atoms with van der Waals surface area (Å²) >= 11 is 0. The van der Waals surface area contributed by atoms with E-state index in [1.54, 1.807) is 0 Å². The molecule has 2 amide bonds. The van der Waals surface area contributed by atoms with E-state index in [0.717, 1.165) is 22.3 Å². The summed E-state index contributed by atoms with van der Waals surface area (Å²) in [5.74, 6) is -2.71. The van der Waals surface area contributed by atoms with E-state index < -0.39 is 48.8 Å². The topological polar surface area (TPSA) is 105 Å². The molecule has 2 aliphatic carbocycles. The van der Waals surface area contributed by atoms with Crippen LogP contribution in [0.3, 0.4) is 0 Å². The van der Waals surface area contributed by atoms with Crippen LogP contribution in [0.2, 0.25) is 0 Å². The maximum Gasteiger partial charge on any atom is 0.407 e. The van der Waals surface area contributed by atoms with Crippen molar-refractivity contribution in [2.24, 2.45) is 5.92 Å². The molecule has 2 aromatic rings. The molecule has 3 atom stereocenters. The van der Waals surface area contributed by atoms with Crippen molar-refractivity contribution in [2.75, 3.05) is 6.61 Å². The number of halogens is 2. The van der Waals surface area contributed by atoms with Gasteiger partial charge in [-0.25, -0.2) is 13.6 Å². The highest BCUT2D eigenvalue weighted by Gasteiger charge is 2.35. The fraction of sp³-hybridized carbons (Fsp3) is 0.400. The van der Waals surface area contributed by atoms with Crippen LogP contribution < -0.4 is 10.6 Å². The number of benzene rings is 2. The molecule has 34 heavy (non-hydrogen) atoms. The highest BCUT2D eigenvalue weighted by atomic mass is 19.3. The first-order valence-electron chi connectivity index (χ1n) is 11.3. The molecule has 180 valence electrons. The summed E-state index contributed by atoms with van der Waals surface area (Å²) in [5, 5.41) is 13.8. The van der Waals surface area contributed by atoms with E-state index in [1.165, 1.54) is 0 Å². The smallest absolute Gasteiger partial charge is 0.407 e. The number of alkyl halides is 2. The van der Waals surface area contributed by atoms with Gasteiger partial charge in [0.25, 0.3) is 6.43 Å². The summed E-state index contributed by atoms with van der Waals surface area (Å²) in [4.78, 5) is 35.9. The summed E-state index contributed by atoms with van der Waals surface area (Å²) in [6.07, 6.45) is -3.17. The zero-order chi connectivity index (χ0) is 24.2. The second-order valence-corrected chi connectivity index (χ2v) is 8.66.